The lowest BCUT2D eigenvalue weighted by Crippen LogP contribution is -2.32. The number of carbonyl (C=O) groups is 2. The van der Waals surface area contributed by atoms with Crippen LogP contribution in [0, 0.1) is 17.3 Å². The van der Waals surface area contributed by atoms with Gasteiger partial charge in [0.25, 0.3) is 0 Å². The molecule has 0 aromatic carbocycles. The monoisotopic (exact) mass is 198 g/mol. The molecule has 0 aromatic rings. The maximum Gasteiger partial charge on any atom is 0.319 e. The first kappa shape index (κ1) is 11.2. The zero-order chi connectivity index (χ0) is 10.9. The molecule has 1 fully saturated rings. The maximum absolute atomic E-state index is 11.9. The van der Waals surface area contributed by atoms with Crippen molar-refractivity contribution in [1.29, 1.82) is 0 Å². The number of carbonyl (C=O) groups excluding carboxylic acids is 2. The van der Waals surface area contributed by atoms with Gasteiger partial charge in [0.05, 0.1) is 7.11 Å². The second kappa shape index (κ2) is 3.71. The van der Waals surface area contributed by atoms with Gasteiger partial charge in [0.1, 0.15) is 5.41 Å². The van der Waals surface area contributed by atoms with Crippen molar-refractivity contribution in [3.05, 3.63) is 0 Å². The summed E-state index contributed by atoms with van der Waals surface area (Å²) in [5.74, 6) is -0.199. The topological polar surface area (TPSA) is 43.4 Å². The van der Waals surface area contributed by atoms with Gasteiger partial charge in [-0.3, -0.25) is 9.59 Å². The third-order valence-corrected chi connectivity index (χ3v) is 3.11. The SMILES string of the molecule is CCC1CC1(C(=O)OC)C(=O)C(C)C. The number of esters is 1. The number of hydrogen-bond acceptors (Lipinski definition) is 3. The smallest absolute Gasteiger partial charge is 0.319 e. The molecular formula is C11H18O3. The van der Waals surface area contributed by atoms with Gasteiger partial charge in [-0.1, -0.05) is 27.2 Å². The van der Waals surface area contributed by atoms with Crippen LogP contribution in [0.5, 0.6) is 0 Å². The highest BCUT2D eigenvalue weighted by molar-refractivity contribution is 6.08. The molecule has 1 aliphatic carbocycles. The highest BCUT2D eigenvalue weighted by Gasteiger charge is 2.65. The number of ether oxygens (including phenoxy) is 1. The van der Waals surface area contributed by atoms with Gasteiger partial charge in [-0.2, -0.15) is 0 Å². The second-order valence-corrected chi connectivity index (χ2v) is 4.29. The lowest BCUT2D eigenvalue weighted by molar-refractivity contribution is -0.153. The van der Waals surface area contributed by atoms with Crippen molar-refractivity contribution in [1.82, 2.24) is 0 Å². The molecule has 0 spiro atoms. The Hall–Kier alpha value is -0.860. The van der Waals surface area contributed by atoms with Gasteiger partial charge in [0.15, 0.2) is 5.78 Å². The third-order valence-electron chi connectivity index (χ3n) is 3.11. The predicted octanol–water partition coefficient (Wildman–Crippen LogP) is 1.80. The molecule has 2 unspecified atom stereocenters. The van der Waals surface area contributed by atoms with Crippen molar-refractivity contribution in [2.75, 3.05) is 7.11 Å². The molecule has 0 aromatic heterocycles. The standard InChI is InChI=1S/C11H18O3/c1-5-8-6-11(8,10(13)14-4)9(12)7(2)3/h7-8H,5-6H2,1-4H3. The first-order valence-electron chi connectivity index (χ1n) is 5.13. The summed E-state index contributed by atoms with van der Waals surface area (Å²) in [4.78, 5) is 23.5. The Bertz CT molecular complexity index is 257. The van der Waals surface area contributed by atoms with E-state index in [0.717, 1.165) is 6.42 Å². The molecule has 0 bridgehead atoms. The number of rotatable bonds is 4. The van der Waals surface area contributed by atoms with Gasteiger partial charge in [0.2, 0.25) is 0 Å². The van der Waals surface area contributed by atoms with E-state index in [1.165, 1.54) is 7.11 Å². The van der Waals surface area contributed by atoms with E-state index in [1.54, 1.807) is 0 Å². The highest BCUT2D eigenvalue weighted by Crippen LogP contribution is 2.57. The third kappa shape index (κ3) is 1.45. The first-order valence-corrected chi connectivity index (χ1v) is 5.13. The summed E-state index contributed by atoms with van der Waals surface area (Å²) < 4.78 is 4.72. The van der Waals surface area contributed by atoms with Crippen molar-refractivity contribution in [3.8, 4) is 0 Å². The van der Waals surface area contributed by atoms with Crippen molar-refractivity contribution in [3.63, 3.8) is 0 Å². The molecular weight excluding hydrogens is 180 g/mol. The fourth-order valence-electron chi connectivity index (χ4n) is 2.17. The Morgan fingerprint density at radius 1 is 1.50 bits per heavy atom. The largest absolute Gasteiger partial charge is 0.468 e. The molecule has 14 heavy (non-hydrogen) atoms. The summed E-state index contributed by atoms with van der Waals surface area (Å²) in [6.45, 7) is 5.67. The van der Waals surface area contributed by atoms with E-state index < -0.39 is 5.41 Å². The minimum Gasteiger partial charge on any atom is -0.468 e. The Kier molecular flexibility index (Phi) is 2.98. The zero-order valence-electron chi connectivity index (χ0n) is 9.29. The molecule has 1 rings (SSSR count). The van der Waals surface area contributed by atoms with Gasteiger partial charge in [-0.25, -0.2) is 0 Å². The molecule has 0 amide bonds. The predicted molar refractivity (Wildman–Crippen MR) is 52.7 cm³/mol. The summed E-state index contributed by atoms with van der Waals surface area (Å²) in [5.41, 5.74) is -0.794. The lowest BCUT2D eigenvalue weighted by atomic mass is 9.89. The van der Waals surface area contributed by atoms with Crippen LogP contribution in [0.25, 0.3) is 0 Å². The Labute approximate surface area is 84.8 Å². The molecule has 3 nitrogen and oxygen atoms in total. The van der Waals surface area contributed by atoms with Crippen LogP contribution in [0.2, 0.25) is 0 Å². The summed E-state index contributed by atoms with van der Waals surface area (Å²) in [6.07, 6.45) is 1.54. The molecule has 0 radical (unpaired) electrons. The number of ketones is 1. The quantitative estimate of drug-likeness (QED) is 0.511. The van der Waals surface area contributed by atoms with Crippen molar-refractivity contribution < 1.29 is 14.3 Å². The molecule has 3 heteroatoms. The highest BCUT2D eigenvalue weighted by atomic mass is 16.5. The Morgan fingerprint density at radius 2 is 2.07 bits per heavy atom. The van der Waals surface area contributed by atoms with Gasteiger partial charge in [-0.15, -0.1) is 0 Å². The minimum atomic E-state index is -0.794. The minimum absolute atomic E-state index is 0.0381. The molecule has 0 heterocycles. The van der Waals surface area contributed by atoms with Crippen LogP contribution in [0.1, 0.15) is 33.6 Å². The zero-order valence-corrected chi connectivity index (χ0v) is 9.29. The Balaban J connectivity index is 2.86. The van der Waals surface area contributed by atoms with Crippen LogP contribution < -0.4 is 0 Å². The lowest BCUT2D eigenvalue weighted by Gasteiger charge is -2.15. The molecule has 2 atom stereocenters. The average Bonchev–Trinajstić information content (AvgIpc) is 2.90. The molecule has 0 saturated heterocycles. The van der Waals surface area contributed by atoms with E-state index >= 15 is 0 Å². The average molecular weight is 198 g/mol. The number of Topliss-reactive ketones (excluding diaryl/α,β-unsaturated/α-hetero) is 1. The molecule has 1 aliphatic rings. The summed E-state index contributed by atoms with van der Waals surface area (Å²) >= 11 is 0. The van der Waals surface area contributed by atoms with Crippen LogP contribution in [0.15, 0.2) is 0 Å². The fraction of sp³-hybridized carbons (Fsp3) is 0.818. The van der Waals surface area contributed by atoms with E-state index in [1.807, 2.05) is 20.8 Å². The molecule has 1 saturated carbocycles. The number of methoxy groups -OCH3 is 1. The molecule has 0 aliphatic heterocycles. The van der Waals surface area contributed by atoms with E-state index in [-0.39, 0.29) is 23.6 Å². The summed E-state index contributed by atoms with van der Waals surface area (Å²) in [6, 6.07) is 0. The van der Waals surface area contributed by atoms with Crippen LogP contribution in [0.4, 0.5) is 0 Å². The molecule has 80 valence electrons. The van der Waals surface area contributed by atoms with Crippen molar-refractivity contribution in [2.45, 2.75) is 33.6 Å². The maximum atomic E-state index is 11.9. The summed E-state index contributed by atoms with van der Waals surface area (Å²) in [7, 11) is 1.35. The van der Waals surface area contributed by atoms with E-state index in [9.17, 15) is 9.59 Å². The van der Waals surface area contributed by atoms with Gasteiger partial charge < -0.3 is 4.74 Å². The van der Waals surface area contributed by atoms with E-state index in [0.29, 0.717) is 6.42 Å². The van der Waals surface area contributed by atoms with E-state index in [4.69, 9.17) is 4.74 Å². The van der Waals surface area contributed by atoms with Crippen LogP contribution in [0.3, 0.4) is 0 Å². The van der Waals surface area contributed by atoms with Crippen LogP contribution in [-0.4, -0.2) is 18.9 Å². The van der Waals surface area contributed by atoms with Gasteiger partial charge in [-0.05, 0) is 12.3 Å². The fourth-order valence-corrected chi connectivity index (χ4v) is 2.17. The number of hydrogen-bond donors (Lipinski definition) is 0. The summed E-state index contributed by atoms with van der Waals surface area (Å²) in [5, 5.41) is 0. The normalized spacial score (nSPS) is 30.2. The van der Waals surface area contributed by atoms with Crippen molar-refractivity contribution in [2.24, 2.45) is 17.3 Å². The van der Waals surface area contributed by atoms with Gasteiger partial charge >= 0.3 is 5.97 Å². The second-order valence-electron chi connectivity index (χ2n) is 4.29. The van der Waals surface area contributed by atoms with E-state index in [2.05, 4.69) is 0 Å². The van der Waals surface area contributed by atoms with Crippen molar-refractivity contribution >= 4 is 11.8 Å². The van der Waals surface area contributed by atoms with Crippen LogP contribution >= 0.6 is 0 Å². The van der Waals surface area contributed by atoms with Crippen LogP contribution in [-0.2, 0) is 14.3 Å². The first-order chi connectivity index (χ1) is 6.50. The molecule has 0 N–H and O–H groups in total. The Morgan fingerprint density at radius 3 is 2.36 bits per heavy atom. The van der Waals surface area contributed by atoms with Gasteiger partial charge in [0, 0.05) is 5.92 Å².